The molecular weight excluding hydrogens is 279 g/mol. The maximum Gasteiger partial charge on any atom is 0.450 e. The smallest absolute Gasteiger partial charge is 0.444 e. The van der Waals surface area contributed by atoms with Crippen molar-refractivity contribution in [2.24, 2.45) is 0 Å². The number of ketones is 1. The summed E-state index contributed by atoms with van der Waals surface area (Å²) in [4.78, 5) is 22.8. The summed E-state index contributed by atoms with van der Waals surface area (Å²) in [6.07, 6.45) is -6.51. The molecule has 5 nitrogen and oxygen atoms in total. The zero-order valence-corrected chi connectivity index (χ0v) is 11.6. The van der Waals surface area contributed by atoms with Crippen molar-refractivity contribution >= 4 is 11.9 Å². The highest BCUT2D eigenvalue weighted by atomic mass is 19.4. The van der Waals surface area contributed by atoms with Gasteiger partial charge in [0.1, 0.15) is 5.60 Å². The van der Waals surface area contributed by atoms with E-state index in [1.807, 2.05) is 0 Å². The van der Waals surface area contributed by atoms with Crippen LogP contribution in [0, 0.1) is 0 Å². The van der Waals surface area contributed by atoms with Crippen molar-refractivity contribution < 1.29 is 32.2 Å². The summed E-state index contributed by atoms with van der Waals surface area (Å²) in [5, 5.41) is 2.34. The van der Waals surface area contributed by atoms with Crippen LogP contribution in [0.25, 0.3) is 0 Å². The summed E-state index contributed by atoms with van der Waals surface area (Å²) in [5.41, 5.74) is -2.13. The molecule has 0 aromatic carbocycles. The van der Waals surface area contributed by atoms with E-state index in [2.05, 4.69) is 5.32 Å². The minimum Gasteiger partial charge on any atom is -0.444 e. The third kappa shape index (κ3) is 4.99. The second kappa shape index (κ2) is 5.59. The number of alkyl carbamates (subject to hydrolysis) is 1. The second-order valence-electron chi connectivity index (χ2n) is 5.81. The second-order valence-corrected chi connectivity index (χ2v) is 5.81. The average Bonchev–Trinajstić information content (AvgIpc) is 2.61. The van der Waals surface area contributed by atoms with E-state index in [-0.39, 0.29) is 19.6 Å². The van der Waals surface area contributed by atoms with Crippen LogP contribution >= 0.6 is 0 Å². The van der Waals surface area contributed by atoms with Crippen molar-refractivity contribution in [2.45, 2.75) is 50.9 Å². The molecule has 1 unspecified atom stereocenters. The molecule has 1 saturated heterocycles. The van der Waals surface area contributed by atoms with Crippen molar-refractivity contribution in [3.63, 3.8) is 0 Å². The van der Waals surface area contributed by atoms with Crippen LogP contribution in [-0.2, 0) is 14.3 Å². The topological polar surface area (TPSA) is 64.6 Å². The predicted octanol–water partition coefficient (Wildman–Crippen LogP) is 2.19. The normalized spacial score (nSPS) is 23.5. The summed E-state index contributed by atoms with van der Waals surface area (Å²) >= 11 is 0. The first kappa shape index (κ1) is 16.7. The largest absolute Gasteiger partial charge is 0.450 e. The number of carbonyl (C=O) groups is 2. The SMILES string of the molecule is CC(C)(C)OC(=O)NC1(CC(=O)C(F)(F)F)CCOC1. The highest BCUT2D eigenvalue weighted by Crippen LogP contribution is 2.28. The van der Waals surface area contributed by atoms with Crippen LogP contribution in [0.4, 0.5) is 18.0 Å². The minimum absolute atomic E-state index is 0.133. The van der Waals surface area contributed by atoms with Gasteiger partial charge in [0.2, 0.25) is 5.78 Å². The number of nitrogens with one attached hydrogen (secondary N) is 1. The van der Waals surface area contributed by atoms with Gasteiger partial charge in [-0.3, -0.25) is 4.79 Å². The fraction of sp³-hybridized carbons (Fsp3) is 0.833. The minimum atomic E-state index is -4.93. The van der Waals surface area contributed by atoms with E-state index in [1.165, 1.54) is 0 Å². The van der Waals surface area contributed by atoms with Crippen LogP contribution in [0.2, 0.25) is 0 Å². The van der Waals surface area contributed by atoms with Crippen LogP contribution in [0.15, 0.2) is 0 Å². The first-order valence-electron chi connectivity index (χ1n) is 6.13. The number of halogens is 3. The quantitative estimate of drug-likeness (QED) is 0.867. The lowest BCUT2D eigenvalue weighted by Gasteiger charge is -2.30. The molecule has 8 heteroatoms. The van der Waals surface area contributed by atoms with Gasteiger partial charge in [0.15, 0.2) is 0 Å². The molecule has 1 heterocycles. The maximum atomic E-state index is 12.3. The van der Waals surface area contributed by atoms with Gasteiger partial charge in [0, 0.05) is 13.0 Å². The summed E-state index contributed by atoms with van der Waals surface area (Å²) in [6.45, 7) is 4.93. The van der Waals surface area contributed by atoms with E-state index in [9.17, 15) is 22.8 Å². The lowest BCUT2D eigenvalue weighted by atomic mass is 9.92. The number of amides is 1. The van der Waals surface area contributed by atoms with Gasteiger partial charge in [-0.25, -0.2) is 4.79 Å². The molecule has 0 saturated carbocycles. The van der Waals surface area contributed by atoms with Crippen molar-refractivity contribution in [1.82, 2.24) is 5.32 Å². The van der Waals surface area contributed by atoms with Crippen LogP contribution in [-0.4, -0.2) is 42.4 Å². The summed E-state index contributed by atoms with van der Waals surface area (Å²) in [7, 11) is 0. The van der Waals surface area contributed by atoms with E-state index in [4.69, 9.17) is 9.47 Å². The number of hydrogen-bond donors (Lipinski definition) is 1. The molecule has 0 aromatic heterocycles. The van der Waals surface area contributed by atoms with E-state index < -0.39 is 35.6 Å². The number of Topliss-reactive ketones (excluding diaryl/α,β-unsaturated/α-hetero) is 1. The molecule has 20 heavy (non-hydrogen) atoms. The van der Waals surface area contributed by atoms with Gasteiger partial charge in [-0.05, 0) is 27.2 Å². The predicted molar refractivity (Wildman–Crippen MR) is 63.2 cm³/mol. The van der Waals surface area contributed by atoms with Crippen molar-refractivity contribution in [1.29, 1.82) is 0 Å². The number of carbonyl (C=O) groups excluding carboxylic acids is 2. The summed E-state index contributed by atoms with van der Waals surface area (Å²) in [6, 6.07) is 0. The number of rotatable bonds is 3. The van der Waals surface area contributed by atoms with Crippen LogP contribution in [0.5, 0.6) is 0 Å². The Morgan fingerprint density at radius 2 is 1.90 bits per heavy atom. The summed E-state index contributed by atoms with van der Waals surface area (Å²) in [5.74, 6) is -1.89. The molecule has 0 aromatic rings. The number of hydrogen-bond acceptors (Lipinski definition) is 4. The molecule has 1 aliphatic rings. The Balaban J connectivity index is 2.73. The van der Waals surface area contributed by atoms with Gasteiger partial charge in [0.25, 0.3) is 0 Å². The first-order chi connectivity index (χ1) is 8.94. The van der Waals surface area contributed by atoms with E-state index >= 15 is 0 Å². The lowest BCUT2D eigenvalue weighted by molar-refractivity contribution is -0.172. The molecule has 0 spiro atoms. The molecule has 1 atom stereocenters. The van der Waals surface area contributed by atoms with Gasteiger partial charge < -0.3 is 14.8 Å². The van der Waals surface area contributed by atoms with Gasteiger partial charge in [-0.15, -0.1) is 0 Å². The van der Waals surface area contributed by atoms with E-state index in [0.717, 1.165) is 0 Å². The molecule has 0 radical (unpaired) electrons. The Morgan fingerprint density at radius 1 is 1.30 bits per heavy atom. The number of alkyl halides is 3. The average molecular weight is 297 g/mol. The van der Waals surface area contributed by atoms with Crippen molar-refractivity contribution in [3.05, 3.63) is 0 Å². The standard InChI is InChI=1S/C12H18F3NO4/c1-10(2,3)20-9(18)16-11(4-5-19-7-11)6-8(17)12(13,14)15/h4-7H2,1-3H3,(H,16,18). The van der Waals surface area contributed by atoms with Gasteiger partial charge >= 0.3 is 12.3 Å². The van der Waals surface area contributed by atoms with E-state index in [0.29, 0.717) is 0 Å². The third-order valence-corrected chi connectivity index (χ3v) is 2.68. The Labute approximate surface area is 114 Å². The highest BCUT2D eigenvalue weighted by molar-refractivity contribution is 5.85. The molecular formula is C12H18F3NO4. The molecule has 1 amide bonds. The number of ether oxygens (including phenoxy) is 2. The fourth-order valence-corrected chi connectivity index (χ4v) is 1.82. The summed E-state index contributed by atoms with van der Waals surface area (Å²) < 4.78 is 47.0. The molecule has 116 valence electrons. The molecule has 1 N–H and O–H groups in total. The molecule has 0 bridgehead atoms. The third-order valence-electron chi connectivity index (χ3n) is 2.68. The van der Waals surface area contributed by atoms with Gasteiger partial charge in [0.05, 0.1) is 12.1 Å². The molecule has 1 aliphatic heterocycles. The lowest BCUT2D eigenvalue weighted by Crippen LogP contribution is -2.53. The Bertz CT molecular complexity index is 381. The maximum absolute atomic E-state index is 12.3. The highest BCUT2D eigenvalue weighted by Gasteiger charge is 2.47. The Hall–Kier alpha value is -1.31. The van der Waals surface area contributed by atoms with Crippen LogP contribution in [0.3, 0.4) is 0 Å². The van der Waals surface area contributed by atoms with Crippen molar-refractivity contribution in [3.8, 4) is 0 Å². The Morgan fingerprint density at radius 3 is 2.30 bits per heavy atom. The molecule has 0 aliphatic carbocycles. The van der Waals surface area contributed by atoms with Crippen LogP contribution in [0.1, 0.15) is 33.6 Å². The zero-order chi connectivity index (χ0) is 15.6. The zero-order valence-electron chi connectivity index (χ0n) is 11.6. The Kier molecular flexibility index (Phi) is 4.68. The first-order valence-corrected chi connectivity index (χ1v) is 6.13. The molecule has 1 fully saturated rings. The van der Waals surface area contributed by atoms with Gasteiger partial charge in [-0.2, -0.15) is 13.2 Å². The molecule has 1 rings (SSSR count). The van der Waals surface area contributed by atoms with Crippen LogP contribution < -0.4 is 5.32 Å². The van der Waals surface area contributed by atoms with Gasteiger partial charge in [-0.1, -0.05) is 0 Å². The fourth-order valence-electron chi connectivity index (χ4n) is 1.82. The van der Waals surface area contributed by atoms with Crippen molar-refractivity contribution in [2.75, 3.05) is 13.2 Å². The monoisotopic (exact) mass is 297 g/mol. The van der Waals surface area contributed by atoms with E-state index in [1.54, 1.807) is 20.8 Å².